The van der Waals surface area contributed by atoms with Gasteiger partial charge in [0.25, 0.3) is 5.91 Å². The quantitative estimate of drug-likeness (QED) is 0.0680. The van der Waals surface area contributed by atoms with Crippen LogP contribution in [0.15, 0.2) is 72.9 Å². The van der Waals surface area contributed by atoms with Crippen molar-refractivity contribution in [2.75, 3.05) is 30.5 Å². The SMILES string of the molecule is COC(=O)CCCCN1C(=O)[C@]2(O[C@H](CC(=O)N3Cc4ccccc4C[C@H]3CO)[C@@H]([Si](C)(C)F)[C@@H]2C)c2cc(NC(=O)Cc3c[nH]c4ccccc34)ccc21. The summed E-state index contributed by atoms with van der Waals surface area (Å²) < 4.78 is 28.3. The number of aromatic nitrogens is 1. The largest absolute Gasteiger partial charge is 0.469 e. The maximum atomic E-state index is 16.6. The first-order valence-electron chi connectivity index (χ1n) is 19.1. The molecule has 290 valence electrons. The van der Waals surface area contributed by atoms with Gasteiger partial charge in [0.15, 0.2) is 5.60 Å². The van der Waals surface area contributed by atoms with Crippen molar-refractivity contribution in [1.29, 1.82) is 0 Å². The van der Waals surface area contributed by atoms with E-state index in [1.54, 1.807) is 41.1 Å². The first kappa shape index (κ1) is 38.4. The number of carbonyl (C=O) groups is 4. The highest BCUT2D eigenvalue weighted by Crippen LogP contribution is 2.60. The Bertz CT molecular complexity index is 2120. The maximum absolute atomic E-state index is 16.6. The van der Waals surface area contributed by atoms with Crippen LogP contribution in [0, 0.1) is 5.92 Å². The molecule has 0 aliphatic carbocycles. The molecule has 0 radical (unpaired) electrons. The Morgan fingerprint density at radius 3 is 2.56 bits per heavy atom. The van der Waals surface area contributed by atoms with Crippen molar-refractivity contribution in [2.45, 2.75) is 88.4 Å². The summed E-state index contributed by atoms with van der Waals surface area (Å²) in [7, 11) is -2.27. The van der Waals surface area contributed by atoms with E-state index in [0.29, 0.717) is 42.7 Å². The average Bonchev–Trinajstić information content (AvgIpc) is 3.78. The third-order valence-electron chi connectivity index (χ3n) is 11.8. The predicted octanol–water partition coefficient (Wildman–Crippen LogP) is 6.15. The molecule has 1 spiro atoms. The molecule has 0 saturated carbocycles. The third kappa shape index (κ3) is 7.20. The van der Waals surface area contributed by atoms with Crippen molar-refractivity contribution in [3.8, 4) is 0 Å². The van der Waals surface area contributed by atoms with Crippen molar-refractivity contribution in [2.24, 2.45) is 5.92 Å². The lowest BCUT2D eigenvalue weighted by Gasteiger charge is -2.37. The van der Waals surface area contributed by atoms with Crippen LogP contribution in [-0.2, 0) is 53.6 Å². The molecule has 4 heterocycles. The Morgan fingerprint density at radius 2 is 1.82 bits per heavy atom. The van der Waals surface area contributed by atoms with Crippen LogP contribution in [0.25, 0.3) is 10.9 Å². The number of aromatic amines is 1. The summed E-state index contributed by atoms with van der Waals surface area (Å²) in [4.78, 5) is 60.9. The van der Waals surface area contributed by atoms with Gasteiger partial charge in [0, 0.05) is 59.3 Å². The van der Waals surface area contributed by atoms with Gasteiger partial charge in [-0.2, -0.15) is 0 Å². The van der Waals surface area contributed by atoms with Gasteiger partial charge in [0.2, 0.25) is 20.2 Å². The molecule has 13 heteroatoms. The second kappa shape index (κ2) is 15.4. The second-order valence-corrected chi connectivity index (χ2v) is 19.4. The summed E-state index contributed by atoms with van der Waals surface area (Å²) in [6, 6.07) is 20.4. The van der Waals surface area contributed by atoms with Crippen molar-refractivity contribution >= 4 is 54.4 Å². The monoisotopic (exact) mass is 768 g/mol. The lowest BCUT2D eigenvalue weighted by molar-refractivity contribution is -0.151. The molecule has 3 aromatic carbocycles. The number of hydrogen-bond donors (Lipinski definition) is 3. The number of esters is 1. The first-order chi connectivity index (χ1) is 26.3. The number of hydrogen-bond acceptors (Lipinski definition) is 7. The zero-order chi connectivity index (χ0) is 39.1. The number of anilines is 2. The minimum Gasteiger partial charge on any atom is -0.469 e. The number of ether oxygens (including phenoxy) is 2. The standard InChI is InChI=1S/C42H49FN4O7Si/c1-26-40(55(3,4)43)36(22-38(50)47-24-28-12-6-5-11-27(28)19-31(47)25-48)54-42(26)33-21-30(45-37(49)20-29-23-44-34-14-8-7-13-32(29)34)16-17-35(33)46(41(42)52)18-10-9-15-39(51)53-2/h5-8,11-14,16-17,21,23,26,31,36,40,44,48H,9-10,15,18-20,22,24-25H2,1-4H3,(H,45,49)/t26-,31-,36+,40-,42+/m0/s1. The molecular formula is C42H49FN4O7Si. The summed E-state index contributed by atoms with van der Waals surface area (Å²) in [5.74, 6) is -1.86. The van der Waals surface area contributed by atoms with Crippen LogP contribution in [0.4, 0.5) is 15.5 Å². The van der Waals surface area contributed by atoms with Crippen molar-refractivity contribution < 1.29 is 37.9 Å². The number of amides is 3. The van der Waals surface area contributed by atoms with Gasteiger partial charge in [-0.25, -0.2) is 0 Å². The summed E-state index contributed by atoms with van der Waals surface area (Å²) in [6.45, 7) is 5.40. The van der Waals surface area contributed by atoms with Crippen LogP contribution in [0.3, 0.4) is 0 Å². The number of nitrogens with zero attached hydrogens (tertiary/aromatic N) is 2. The second-order valence-electron chi connectivity index (χ2n) is 15.6. The average molecular weight is 769 g/mol. The highest BCUT2D eigenvalue weighted by Gasteiger charge is 2.67. The molecular weight excluding hydrogens is 720 g/mol. The third-order valence-corrected chi connectivity index (χ3v) is 14.2. The van der Waals surface area contributed by atoms with E-state index in [-0.39, 0.29) is 56.1 Å². The van der Waals surface area contributed by atoms with E-state index in [1.807, 2.05) is 61.7 Å². The van der Waals surface area contributed by atoms with E-state index < -0.39 is 37.6 Å². The van der Waals surface area contributed by atoms with Crippen LogP contribution in [-0.4, -0.2) is 79.5 Å². The highest BCUT2D eigenvalue weighted by molar-refractivity contribution is 6.72. The lowest BCUT2D eigenvalue weighted by atomic mass is 9.82. The Hall–Kier alpha value is -4.85. The fraction of sp³-hybridized carbons (Fsp3) is 0.429. The highest BCUT2D eigenvalue weighted by atomic mass is 28.4. The molecule has 5 atom stereocenters. The fourth-order valence-electron chi connectivity index (χ4n) is 9.18. The molecule has 3 amide bonds. The van der Waals surface area contributed by atoms with Gasteiger partial charge in [-0.1, -0.05) is 49.4 Å². The van der Waals surface area contributed by atoms with E-state index in [1.165, 1.54) is 7.11 Å². The van der Waals surface area contributed by atoms with Gasteiger partial charge >= 0.3 is 5.97 Å². The molecule has 3 aliphatic rings. The number of carbonyl (C=O) groups excluding carboxylic acids is 4. The Labute approximate surface area is 321 Å². The molecule has 0 unspecified atom stereocenters. The van der Waals surface area contributed by atoms with Crippen LogP contribution in [0.2, 0.25) is 18.6 Å². The van der Waals surface area contributed by atoms with Crippen molar-refractivity contribution in [3.63, 3.8) is 0 Å². The lowest BCUT2D eigenvalue weighted by Crippen LogP contribution is -2.48. The molecule has 3 aliphatic heterocycles. The minimum atomic E-state index is -3.60. The van der Waals surface area contributed by atoms with Gasteiger partial charge in [-0.05, 0) is 73.3 Å². The topological polar surface area (TPSA) is 141 Å². The Balaban J connectivity index is 1.20. The van der Waals surface area contributed by atoms with Gasteiger partial charge < -0.3 is 38.8 Å². The number of unbranched alkanes of at least 4 members (excludes halogenated alkanes) is 1. The molecule has 4 aromatic rings. The number of aliphatic hydroxyl groups excluding tert-OH is 1. The zero-order valence-electron chi connectivity index (χ0n) is 31.8. The fourth-order valence-corrected chi connectivity index (χ4v) is 11.7. The van der Waals surface area contributed by atoms with Gasteiger partial charge in [0.1, 0.15) is 0 Å². The van der Waals surface area contributed by atoms with Crippen molar-refractivity contribution in [1.82, 2.24) is 9.88 Å². The van der Waals surface area contributed by atoms with Gasteiger partial charge in [0.05, 0.1) is 44.4 Å². The number of nitrogens with one attached hydrogen (secondary N) is 2. The summed E-state index contributed by atoms with van der Waals surface area (Å²) in [5.41, 5.74) is 3.07. The molecule has 7 rings (SSSR count). The van der Waals surface area contributed by atoms with Crippen LogP contribution in [0.1, 0.15) is 54.9 Å². The Kier molecular flexibility index (Phi) is 10.7. The number of aliphatic hydroxyl groups is 1. The van der Waals surface area contributed by atoms with E-state index in [0.717, 1.165) is 27.6 Å². The molecule has 1 saturated heterocycles. The summed E-state index contributed by atoms with van der Waals surface area (Å²) >= 11 is 0. The van der Waals surface area contributed by atoms with Crippen LogP contribution in [0.5, 0.6) is 0 Å². The number of rotatable bonds is 12. The molecule has 1 aromatic heterocycles. The molecule has 1 fully saturated rings. The number of methoxy groups -OCH3 is 1. The summed E-state index contributed by atoms with van der Waals surface area (Å²) in [6.07, 6.45) is 2.57. The minimum absolute atomic E-state index is 0.119. The smallest absolute Gasteiger partial charge is 0.305 e. The van der Waals surface area contributed by atoms with E-state index in [2.05, 4.69) is 10.3 Å². The van der Waals surface area contributed by atoms with E-state index >= 15 is 4.11 Å². The number of H-pyrrole nitrogens is 1. The predicted molar refractivity (Wildman–Crippen MR) is 210 cm³/mol. The summed E-state index contributed by atoms with van der Waals surface area (Å²) in [5, 5.41) is 14.3. The van der Waals surface area contributed by atoms with Gasteiger partial charge in [-0.15, -0.1) is 0 Å². The maximum Gasteiger partial charge on any atom is 0.305 e. The molecule has 55 heavy (non-hydrogen) atoms. The molecule has 0 bridgehead atoms. The molecule has 11 nitrogen and oxygen atoms in total. The number of benzene rings is 3. The van der Waals surface area contributed by atoms with Crippen LogP contribution < -0.4 is 10.2 Å². The molecule has 3 N–H and O–H groups in total. The first-order valence-corrected chi connectivity index (χ1v) is 22.0. The Morgan fingerprint density at radius 1 is 1.07 bits per heavy atom. The van der Waals surface area contributed by atoms with E-state index in [9.17, 15) is 24.3 Å². The van der Waals surface area contributed by atoms with Crippen LogP contribution >= 0.6 is 0 Å². The number of halogens is 1. The zero-order valence-corrected chi connectivity index (χ0v) is 32.8. The number of para-hydroxylation sites is 1. The van der Waals surface area contributed by atoms with Crippen molar-refractivity contribution in [3.05, 3.63) is 95.2 Å². The van der Waals surface area contributed by atoms with Gasteiger partial charge in [-0.3, -0.25) is 19.2 Å². The normalized spacial score (nSPS) is 23.3. The van der Waals surface area contributed by atoms with E-state index in [4.69, 9.17) is 9.47 Å². The number of fused-ring (bicyclic) bond motifs is 4.